The van der Waals surface area contributed by atoms with Crippen LogP contribution in [0.1, 0.15) is 19.3 Å². The lowest BCUT2D eigenvalue weighted by molar-refractivity contribution is -0.0856. The van der Waals surface area contributed by atoms with E-state index >= 15 is 0 Å². The van der Waals surface area contributed by atoms with Crippen LogP contribution in [0.3, 0.4) is 0 Å². The summed E-state index contributed by atoms with van der Waals surface area (Å²) in [5, 5.41) is 3.51. The Bertz CT molecular complexity index is 242. The van der Waals surface area contributed by atoms with E-state index in [0.29, 0.717) is 6.04 Å². The van der Waals surface area contributed by atoms with Crippen molar-refractivity contribution in [3.8, 4) is 0 Å². The summed E-state index contributed by atoms with van der Waals surface area (Å²) in [7, 11) is 6.41. The fourth-order valence-electron chi connectivity index (χ4n) is 3.14. The van der Waals surface area contributed by atoms with Crippen LogP contribution >= 0.6 is 11.8 Å². The summed E-state index contributed by atoms with van der Waals surface area (Å²) in [4.78, 5) is 2.28. The van der Waals surface area contributed by atoms with Crippen LogP contribution in [0.2, 0.25) is 0 Å². The van der Waals surface area contributed by atoms with Crippen LogP contribution in [0.4, 0.5) is 0 Å². The number of likely N-dealkylation sites (N-methyl/N-ethyl adjacent to an activating group) is 2. The van der Waals surface area contributed by atoms with Gasteiger partial charge >= 0.3 is 0 Å². The average Bonchev–Trinajstić information content (AvgIpc) is 2.74. The largest absolute Gasteiger partial charge is 0.374 e. The minimum Gasteiger partial charge on any atom is -0.374 e. The maximum absolute atomic E-state index is 6.09. The predicted molar refractivity (Wildman–Crippen MR) is 74.8 cm³/mol. The van der Waals surface area contributed by atoms with Crippen molar-refractivity contribution in [2.75, 3.05) is 45.8 Å². The fourth-order valence-corrected chi connectivity index (χ4v) is 4.52. The number of rotatable bonds is 4. The molecule has 0 bridgehead atoms. The van der Waals surface area contributed by atoms with Crippen LogP contribution in [0.5, 0.6) is 0 Å². The minimum atomic E-state index is 0.217. The van der Waals surface area contributed by atoms with Gasteiger partial charge in [-0.15, -0.1) is 0 Å². The van der Waals surface area contributed by atoms with Crippen molar-refractivity contribution in [3.63, 3.8) is 0 Å². The van der Waals surface area contributed by atoms with Crippen molar-refractivity contribution in [2.45, 2.75) is 30.9 Å². The zero-order valence-corrected chi connectivity index (χ0v) is 12.2. The molecule has 2 rings (SSSR count). The smallest absolute Gasteiger partial charge is 0.0783 e. The molecule has 3 nitrogen and oxygen atoms in total. The van der Waals surface area contributed by atoms with E-state index in [1.807, 2.05) is 0 Å². The van der Waals surface area contributed by atoms with Gasteiger partial charge in [0.1, 0.15) is 0 Å². The molecule has 0 saturated carbocycles. The van der Waals surface area contributed by atoms with Crippen LogP contribution in [0.15, 0.2) is 0 Å². The average molecular weight is 258 g/mol. The van der Waals surface area contributed by atoms with Gasteiger partial charge in [0.2, 0.25) is 0 Å². The van der Waals surface area contributed by atoms with Gasteiger partial charge in [0.05, 0.1) is 5.60 Å². The summed E-state index contributed by atoms with van der Waals surface area (Å²) in [6.45, 7) is 2.08. The molecule has 0 amide bonds. The third-order valence-electron chi connectivity index (χ3n) is 4.10. The molecule has 3 atom stereocenters. The molecule has 0 aromatic carbocycles. The van der Waals surface area contributed by atoms with Gasteiger partial charge in [-0.3, -0.25) is 0 Å². The Balaban J connectivity index is 1.95. The summed E-state index contributed by atoms with van der Waals surface area (Å²) in [5.74, 6) is 3.27. The van der Waals surface area contributed by atoms with Crippen molar-refractivity contribution < 1.29 is 4.74 Å². The zero-order valence-electron chi connectivity index (χ0n) is 11.4. The SMILES string of the molecule is CNC(CN(C)C)C1CCOC2(CCSC2)C1. The Morgan fingerprint density at radius 3 is 2.94 bits per heavy atom. The first kappa shape index (κ1) is 13.7. The molecule has 0 aliphatic carbocycles. The molecule has 4 heteroatoms. The van der Waals surface area contributed by atoms with E-state index in [4.69, 9.17) is 4.74 Å². The second-order valence-electron chi connectivity index (χ2n) is 5.74. The molecule has 0 aromatic rings. The highest BCUT2D eigenvalue weighted by Crippen LogP contribution is 2.41. The number of nitrogens with zero attached hydrogens (tertiary/aromatic N) is 1. The first-order chi connectivity index (χ1) is 8.15. The number of thioether (sulfide) groups is 1. The summed E-state index contributed by atoms with van der Waals surface area (Å²) < 4.78 is 6.09. The normalized spacial score (nSPS) is 35.6. The van der Waals surface area contributed by atoms with E-state index in [1.54, 1.807) is 0 Å². The highest BCUT2D eigenvalue weighted by atomic mass is 32.2. The number of nitrogens with one attached hydrogen (secondary N) is 1. The third kappa shape index (κ3) is 3.37. The molecule has 2 aliphatic rings. The number of hydrogen-bond donors (Lipinski definition) is 1. The van der Waals surface area contributed by atoms with Crippen LogP contribution < -0.4 is 5.32 Å². The lowest BCUT2D eigenvalue weighted by atomic mass is 9.81. The number of hydrogen-bond acceptors (Lipinski definition) is 4. The van der Waals surface area contributed by atoms with Crippen LogP contribution in [-0.4, -0.2) is 62.3 Å². The molecular formula is C13H26N2OS. The second kappa shape index (κ2) is 5.91. The Morgan fingerprint density at radius 1 is 1.53 bits per heavy atom. The summed E-state index contributed by atoms with van der Waals surface area (Å²) in [5.41, 5.74) is 0.217. The van der Waals surface area contributed by atoms with Gasteiger partial charge in [-0.1, -0.05) is 0 Å². The van der Waals surface area contributed by atoms with Crippen molar-refractivity contribution in [3.05, 3.63) is 0 Å². The molecule has 17 heavy (non-hydrogen) atoms. The summed E-state index contributed by atoms with van der Waals surface area (Å²) in [6, 6.07) is 0.608. The van der Waals surface area contributed by atoms with Gasteiger partial charge in [0, 0.05) is 24.9 Å². The van der Waals surface area contributed by atoms with Crippen LogP contribution in [-0.2, 0) is 4.74 Å². The highest BCUT2D eigenvalue weighted by molar-refractivity contribution is 7.99. The van der Waals surface area contributed by atoms with E-state index in [0.717, 1.165) is 19.1 Å². The molecule has 1 spiro atoms. The van der Waals surface area contributed by atoms with Crippen LogP contribution in [0.25, 0.3) is 0 Å². The van der Waals surface area contributed by atoms with Gasteiger partial charge < -0.3 is 15.0 Å². The van der Waals surface area contributed by atoms with E-state index in [2.05, 4.69) is 43.1 Å². The Kier molecular flexibility index (Phi) is 4.75. The molecule has 2 saturated heterocycles. The standard InChI is InChI=1S/C13H26N2OS/c1-14-12(9-15(2)3)11-4-6-16-13(8-11)5-7-17-10-13/h11-12,14H,4-10H2,1-3H3. The first-order valence-electron chi connectivity index (χ1n) is 6.69. The lowest BCUT2D eigenvalue weighted by Gasteiger charge is -2.41. The molecule has 3 unspecified atom stereocenters. The number of ether oxygens (including phenoxy) is 1. The monoisotopic (exact) mass is 258 g/mol. The van der Waals surface area contributed by atoms with Gasteiger partial charge in [-0.2, -0.15) is 11.8 Å². The molecule has 100 valence electrons. The molecular weight excluding hydrogens is 232 g/mol. The van der Waals surface area contributed by atoms with E-state index in [1.165, 1.54) is 30.8 Å². The Morgan fingerprint density at radius 2 is 2.35 bits per heavy atom. The lowest BCUT2D eigenvalue weighted by Crippen LogP contribution is -2.49. The van der Waals surface area contributed by atoms with Gasteiger partial charge in [0.25, 0.3) is 0 Å². The fraction of sp³-hybridized carbons (Fsp3) is 1.00. The highest BCUT2D eigenvalue weighted by Gasteiger charge is 2.42. The maximum Gasteiger partial charge on any atom is 0.0783 e. The topological polar surface area (TPSA) is 24.5 Å². The van der Waals surface area contributed by atoms with Crippen LogP contribution in [0, 0.1) is 5.92 Å². The summed E-state index contributed by atoms with van der Waals surface area (Å²) in [6.07, 6.45) is 3.72. The summed E-state index contributed by atoms with van der Waals surface area (Å²) >= 11 is 2.06. The molecule has 2 fully saturated rings. The van der Waals surface area contributed by atoms with E-state index < -0.39 is 0 Å². The van der Waals surface area contributed by atoms with E-state index in [9.17, 15) is 0 Å². The van der Waals surface area contributed by atoms with Crippen molar-refractivity contribution in [1.82, 2.24) is 10.2 Å². The molecule has 1 N–H and O–H groups in total. The zero-order chi connectivity index (χ0) is 12.3. The second-order valence-corrected chi connectivity index (χ2v) is 6.85. The first-order valence-corrected chi connectivity index (χ1v) is 7.84. The van der Waals surface area contributed by atoms with Gasteiger partial charge in [0.15, 0.2) is 0 Å². The van der Waals surface area contributed by atoms with Crippen molar-refractivity contribution in [2.24, 2.45) is 5.92 Å². The van der Waals surface area contributed by atoms with Gasteiger partial charge in [-0.05, 0) is 52.1 Å². The van der Waals surface area contributed by atoms with E-state index in [-0.39, 0.29) is 5.60 Å². The van der Waals surface area contributed by atoms with Gasteiger partial charge in [-0.25, -0.2) is 0 Å². The molecule has 0 radical (unpaired) electrons. The maximum atomic E-state index is 6.09. The third-order valence-corrected chi connectivity index (χ3v) is 5.32. The quantitative estimate of drug-likeness (QED) is 0.825. The van der Waals surface area contributed by atoms with Crippen molar-refractivity contribution >= 4 is 11.8 Å². The molecule has 2 heterocycles. The Labute approximate surface area is 110 Å². The molecule has 0 aromatic heterocycles. The predicted octanol–water partition coefficient (Wildman–Crippen LogP) is 1.44. The minimum absolute atomic E-state index is 0.217. The molecule has 2 aliphatic heterocycles. The Hall–Kier alpha value is 0.230. The van der Waals surface area contributed by atoms with Crippen molar-refractivity contribution in [1.29, 1.82) is 0 Å².